The number of carbonyl (C=O) groups is 3. The summed E-state index contributed by atoms with van der Waals surface area (Å²) in [6, 6.07) is 22.4. The molecule has 0 radical (unpaired) electrons. The molecule has 0 aromatic heterocycles. The zero-order valence-corrected chi connectivity index (χ0v) is 26.8. The molecular weight excluding hydrogens is 547 g/mol. The molecule has 0 bridgehead atoms. The number of ether oxygens (including phenoxy) is 3. The van der Waals surface area contributed by atoms with Crippen molar-refractivity contribution in [2.45, 2.75) is 25.7 Å². The second-order valence-electron chi connectivity index (χ2n) is 8.68. The van der Waals surface area contributed by atoms with Gasteiger partial charge in [-0.3, -0.25) is 14.4 Å². The van der Waals surface area contributed by atoms with E-state index in [4.69, 9.17) is 19.3 Å². The maximum atomic E-state index is 12.3. The van der Waals surface area contributed by atoms with E-state index in [1.165, 1.54) is 0 Å². The van der Waals surface area contributed by atoms with Gasteiger partial charge in [0.1, 0.15) is 29.3 Å². The number of Topliss-reactive ketones (excluding diaryl/α,β-unsaturated/α-hetero) is 2. The number of benzene rings is 3. The summed E-state index contributed by atoms with van der Waals surface area (Å²) in [5.41, 5.74) is 4.25. The van der Waals surface area contributed by atoms with Gasteiger partial charge < -0.3 is 24.8 Å². The SMILES string of the molecule is CO.COc1cccc(/C=C2\C/C(=C\c3cccc(OC)c3)C2=O)c1.COc1cccc(C=O)c1.O=C1CCC1.[Na+].[OH-]. The summed E-state index contributed by atoms with van der Waals surface area (Å²) < 4.78 is 15.3. The van der Waals surface area contributed by atoms with Gasteiger partial charge >= 0.3 is 29.6 Å². The Kier molecular flexibility index (Phi) is 19.4. The van der Waals surface area contributed by atoms with Crippen molar-refractivity contribution < 1.29 is 68.7 Å². The summed E-state index contributed by atoms with van der Waals surface area (Å²) in [7, 11) is 5.84. The summed E-state index contributed by atoms with van der Waals surface area (Å²) in [6.07, 6.45) is 8.16. The molecule has 0 unspecified atom stereocenters. The first-order chi connectivity index (χ1) is 19.4. The van der Waals surface area contributed by atoms with Gasteiger partial charge in [0.15, 0.2) is 5.78 Å². The number of ketones is 2. The van der Waals surface area contributed by atoms with E-state index in [0.29, 0.717) is 23.5 Å². The molecule has 0 heterocycles. The second-order valence-corrected chi connectivity index (χ2v) is 8.68. The summed E-state index contributed by atoms with van der Waals surface area (Å²) in [6.45, 7) is 0. The molecule has 0 spiro atoms. The number of aldehydes is 1. The molecule has 3 aromatic rings. The van der Waals surface area contributed by atoms with Gasteiger partial charge in [0.25, 0.3) is 0 Å². The molecule has 3 aromatic carbocycles. The van der Waals surface area contributed by atoms with Crippen LogP contribution in [0.5, 0.6) is 17.2 Å². The van der Waals surface area contributed by atoms with Crippen LogP contribution in [0.2, 0.25) is 0 Å². The van der Waals surface area contributed by atoms with Crippen molar-refractivity contribution in [3.63, 3.8) is 0 Å². The first-order valence-electron chi connectivity index (χ1n) is 12.7. The van der Waals surface area contributed by atoms with Crippen molar-refractivity contribution in [3.05, 3.63) is 101 Å². The molecule has 218 valence electrons. The third-order valence-electron chi connectivity index (χ3n) is 5.97. The van der Waals surface area contributed by atoms with Gasteiger partial charge in [-0.05, 0) is 66.1 Å². The summed E-state index contributed by atoms with van der Waals surface area (Å²) in [5.74, 6) is 2.83. The molecule has 5 rings (SSSR count). The average molecular weight is 585 g/mol. The predicted molar refractivity (Wildman–Crippen MR) is 159 cm³/mol. The molecule has 2 fully saturated rings. The molecule has 9 heteroatoms. The zero-order chi connectivity index (χ0) is 29.3. The molecule has 2 saturated carbocycles. The Labute approximate surface area is 269 Å². The van der Waals surface area contributed by atoms with Gasteiger partial charge in [0, 0.05) is 43.1 Å². The quantitative estimate of drug-likeness (QED) is 0.266. The maximum Gasteiger partial charge on any atom is 1.00 e. The summed E-state index contributed by atoms with van der Waals surface area (Å²) in [5, 5.41) is 7.00. The standard InChI is InChI=1S/C20H18O3.C8H8O2.C4H6O.CH4O.Na.H2O/c1-22-18-7-3-5-14(11-18)9-16-13-17(20(16)21)10-15-6-4-8-19(12-15)23-2;1-10-8-4-2-3-7(5-8)6-9;5-4-2-1-3-4;1-2;;/h3-12H,13H2,1-2H3;2-6H,1H3;1-3H2;2H,1H3;;1H2/q;;;;+1;/p-1/b16-9+,17-10+;;;;;. The first kappa shape index (κ1) is 38.5. The maximum absolute atomic E-state index is 12.3. The first-order valence-corrected chi connectivity index (χ1v) is 12.7. The van der Waals surface area contributed by atoms with Crippen LogP contribution in [-0.2, 0) is 9.59 Å². The predicted octanol–water partition coefficient (Wildman–Crippen LogP) is 2.83. The summed E-state index contributed by atoms with van der Waals surface area (Å²) in [4.78, 5) is 32.4. The zero-order valence-electron chi connectivity index (χ0n) is 24.8. The van der Waals surface area contributed by atoms with E-state index in [9.17, 15) is 14.4 Å². The van der Waals surface area contributed by atoms with Crippen LogP contribution in [0.3, 0.4) is 0 Å². The number of aliphatic hydroxyl groups is 1. The Morgan fingerprint density at radius 2 is 1.02 bits per heavy atom. The Morgan fingerprint density at radius 3 is 1.31 bits per heavy atom. The fourth-order valence-electron chi connectivity index (χ4n) is 3.60. The largest absolute Gasteiger partial charge is 1.00 e. The van der Waals surface area contributed by atoms with Crippen molar-refractivity contribution >= 4 is 30.0 Å². The number of methoxy groups -OCH3 is 3. The van der Waals surface area contributed by atoms with E-state index in [2.05, 4.69) is 0 Å². The normalized spacial score (nSPS) is 14.3. The Hall–Kier alpha value is -3.53. The van der Waals surface area contributed by atoms with Gasteiger partial charge in [-0.2, -0.15) is 0 Å². The smallest absolute Gasteiger partial charge is 0.870 e. The van der Waals surface area contributed by atoms with Crippen LogP contribution in [0, 0.1) is 0 Å². The van der Waals surface area contributed by atoms with Crippen LogP contribution in [-0.4, -0.2) is 56.9 Å². The van der Waals surface area contributed by atoms with Gasteiger partial charge in [-0.1, -0.05) is 36.4 Å². The van der Waals surface area contributed by atoms with E-state index in [0.717, 1.165) is 66.4 Å². The minimum absolute atomic E-state index is 0. The van der Waals surface area contributed by atoms with E-state index < -0.39 is 0 Å². The molecule has 2 aliphatic carbocycles. The fraction of sp³-hybridized carbons (Fsp3) is 0.242. The molecule has 0 saturated heterocycles. The van der Waals surface area contributed by atoms with Crippen molar-refractivity contribution in [2.75, 3.05) is 28.4 Å². The van der Waals surface area contributed by atoms with E-state index in [-0.39, 0.29) is 40.8 Å². The molecule has 42 heavy (non-hydrogen) atoms. The second kappa shape index (κ2) is 21.2. The number of aliphatic hydroxyl groups excluding tert-OH is 1. The minimum atomic E-state index is 0. The molecule has 8 nitrogen and oxygen atoms in total. The van der Waals surface area contributed by atoms with Gasteiger partial charge in [0.05, 0.1) is 21.3 Å². The van der Waals surface area contributed by atoms with Gasteiger partial charge in [-0.25, -0.2) is 0 Å². The molecule has 0 aliphatic heterocycles. The van der Waals surface area contributed by atoms with Crippen LogP contribution >= 0.6 is 0 Å². The Bertz CT molecular complexity index is 1280. The molecular formula is C33H37NaO8. The van der Waals surface area contributed by atoms with Crippen molar-refractivity contribution in [2.24, 2.45) is 0 Å². The molecule has 0 atom stereocenters. The topological polar surface area (TPSA) is 129 Å². The van der Waals surface area contributed by atoms with E-state index in [1.54, 1.807) is 45.6 Å². The number of allylic oxidation sites excluding steroid dienone is 2. The van der Waals surface area contributed by atoms with Crippen LogP contribution in [0.1, 0.15) is 47.2 Å². The van der Waals surface area contributed by atoms with Crippen LogP contribution in [0.15, 0.2) is 83.9 Å². The van der Waals surface area contributed by atoms with E-state index in [1.807, 2.05) is 60.7 Å². The van der Waals surface area contributed by atoms with Gasteiger partial charge in [0.2, 0.25) is 0 Å². The third kappa shape index (κ3) is 12.5. The van der Waals surface area contributed by atoms with Crippen LogP contribution in [0.25, 0.3) is 12.2 Å². The third-order valence-corrected chi connectivity index (χ3v) is 5.97. The minimum Gasteiger partial charge on any atom is -0.870 e. The Morgan fingerprint density at radius 1 is 0.667 bits per heavy atom. The number of hydrogen-bond donors (Lipinski definition) is 1. The summed E-state index contributed by atoms with van der Waals surface area (Å²) >= 11 is 0. The number of rotatable bonds is 6. The van der Waals surface area contributed by atoms with Crippen molar-refractivity contribution in [1.82, 2.24) is 0 Å². The van der Waals surface area contributed by atoms with Crippen LogP contribution in [0.4, 0.5) is 0 Å². The fourth-order valence-corrected chi connectivity index (χ4v) is 3.60. The van der Waals surface area contributed by atoms with Crippen molar-refractivity contribution in [3.8, 4) is 17.2 Å². The van der Waals surface area contributed by atoms with Crippen molar-refractivity contribution in [1.29, 1.82) is 0 Å². The molecule has 2 aliphatic rings. The molecule has 0 amide bonds. The van der Waals surface area contributed by atoms with Gasteiger partial charge in [-0.15, -0.1) is 0 Å². The van der Waals surface area contributed by atoms with Crippen LogP contribution < -0.4 is 43.8 Å². The number of hydrogen-bond acceptors (Lipinski definition) is 8. The average Bonchev–Trinajstić information content (AvgIpc) is 3.01. The number of carbonyl (C=O) groups excluding carboxylic acids is 3. The Balaban J connectivity index is 0.000000733. The van der Waals surface area contributed by atoms with E-state index >= 15 is 0 Å². The monoisotopic (exact) mass is 584 g/mol. The molecule has 2 N–H and O–H groups in total.